The minimum Gasteiger partial charge on any atom is -0.489 e. The summed E-state index contributed by atoms with van der Waals surface area (Å²) in [4.78, 5) is 9.29. The van der Waals surface area contributed by atoms with Crippen molar-refractivity contribution in [2.75, 3.05) is 18.5 Å². The molecular formula is C25H21F2N5O3. The van der Waals surface area contributed by atoms with Gasteiger partial charge in [-0.05, 0) is 24.3 Å². The summed E-state index contributed by atoms with van der Waals surface area (Å²) in [6.45, 7) is 1.11. The van der Waals surface area contributed by atoms with Crippen LogP contribution in [0.3, 0.4) is 0 Å². The molecule has 1 aromatic heterocycles. The van der Waals surface area contributed by atoms with Crippen molar-refractivity contribution in [3.05, 3.63) is 77.4 Å². The zero-order valence-corrected chi connectivity index (χ0v) is 18.5. The first-order valence-corrected chi connectivity index (χ1v) is 11.1. The van der Waals surface area contributed by atoms with E-state index < -0.39 is 17.8 Å². The Hall–Kier alpha value is -4.34. The number of ether oxygens (including phenoxy) is 3. The Labute approximate surface area is 199 Å². The van der Waals surface area contributed by atoms with Gasteiger partial charge in [0.05, 0.1) is 24.2 Å². The maximum atomic E-state index is 14.0. The van der Waals surface area contributed by atoms with Gasteiger partial charge in [-0.1, -0.05) is 12.1 Å². The fourth-order valence-electron chi connectivity index (χ4n) is 4.21. The number of nitrogens with zero attached hydrogens (tertiary/aromatic N) is 3. The maximum absolute atomic E-state index is 14.0. The van der Waals surface area contributed by atoms with E-state index in [2.05, 4.69) is 15.3 Å². The Bertz CT molecular complexity index is 1470. The van der Waals surface area contributed by atoms with E-state index >= 15 is 0 Å². The van der Waals surface area contributed by atoms with E-state index in [-0.39, 0.29) is 18.1 Å². The molecule has 0 aliphatic carbocycles. The molecule has 1 unspecified atom stereocenters. The molecule has 0 saturated heterocycles. The summed E-state index contributed by atoms with van der Waals surface area (Å²) in [5.74, 6) is 1.29. The molecule has 8 nitrogen and oxygen atoms in total. The lowest BCUT2D eigenvalue weighted by Gasteiger charge is -2.24. The molecule has 0 bridgehead atoms. The van der Waals surface area contributed by atoms with Crippen LogP contribution in [-0.4, -0.2) is 28.7 Å². The number of anilines is 1. The van der Waals surface area contributed by atoms with Gasteiger partial charge in [0, 0.05) is 35.7 Å². The molecule has 10 heteroatoms. The monoisotopic (exact) mass is 477 g/mol. The number of rotatable bonds is 4. The average molecular weight is 477 g/mol. The molecule has 3 heterocycles. The molecular weight excluding hydrogens is 456 g/mol. The molecule has 35 heavy (non-hydrogen) atoms. The van der Waals surface area contributed by atoms with Gasteiger partial charge in [0.15, 0.2) is 23.6 Å². The van der Waals surface area contributed by atoms with Gasteiger partial charge >= 0.3 is 0 Å². The Balaban J connectivity index is 1.35. The van der Waals surface area contributed by atoms with Crippen molar-refractivity contribution in [1.82, 2.24) is 9.55 Å². The summed E-state index contributed by atoms with van der Waals surface area (Å²) in [5, 5.41) is 3.02. The summed E-state index contributed by atoms with van der Waals surface area (Å²) < 4.78 is 46.6. The van der Waals surface area contributed by atoms with Gasteiger partial charge in [0.1, 0.15) is 24.0 Å². The third-order valence-electron chi connectivity index (χ3n) is 5.87. The number of fused-ring (bicyclic) bond motifs is 4. The normalized spacial score (nSPS) is 16.7. The topological polar surface area (TPSA) is 95.9 Å². The first kappa shape index (κ1) is 21.2. The van der Waals surface area contributed by atoms with E-state index in [1.165, 1.54) is 12.1 Å². The number of hydrogen-bond acceptors (Lipinski definition) is 7. The summed E-state index contributed by atoms with van der Waals surface area (Å²) in [5.41, 5.74) is 8.64. The second-order valence-electron chi connectivity index (χ2n) is 8.25. The highest BCUT2D eigenvalue weighted by Crippen LogP contribution is 2.39. The number of benzene rings is 3. The van der Waals surface area contributed by atoms with Crippen molar-refractivity contribution < 1.29 is 23.0 Å². The van der Waals surface area contributed by atoms with E-state index in [0.29, 0.717) is 41.9 Å². The fraction of sp³-hybridized carbons (Fsp3) is 0.200. The Morgan fingerprint density at radius 2 is 1.89 bits per heavy atom. The maximum Gasteiger partial charge on any atom is 0.212 e. The van der Waals surface area contributed by atoms with Gasteiger partial charge in [0.25, 0.3) is 0 Å². The summed E-state index contributed by atoms with van der Waals surface area (Å²) in [7, 11) is 0. The predicted molar refractivity (Wildman–Crippen MR) is 126 cm³/mol. The van der Waals surface area contributed by atoms with Gasteiger partial charge in [-0.15, -0.1) is 0 Å². The summed E-state index contributed by atoms with van der Waals surface area (Å²) in [6.07, 6.45) is 0.282. The molecule has 2 aliphatic heterocycles. The van der Waals surface area contributed by atoms with E-state index in [0.717, 1.165) is 23.6 Å². The quantitative estimate of drug-likeness (QED) is 0.454. The average Bonchev–Trinajstić information content (AvgIpc) is 3.02. The van der Waals surface area contributed by atoms with Gasteiger partial charge < -0.3 is 19.9 Å². The van der Waals surface area contributed by atoms with Crippen LogP contribution in [0.2, 0.25) is 0 Å². The van der Waals surface area contributed by atoms with Crippen molar-refractivity contribution in [3.63, 3.8) is 0 Å². The zero-order chi connectivity index (χ0) is 23.9. The molecule has 3 aromatic carbocycles. The highest BCUT2D eigenvalue weighted by atomic mass is 19.1. The first-order chi connectivity index (χ1) is 17.0. The summed E-state index contributed by atoms with van der Waals surface area (Å²) in [6, 6.07) is 14.4. The lowest BCUT2D eigenvalue weighted by molar-refractivity contribution is 0.297. The second kappa shape index (κ2) is 8.46. The lowest BCUT2D eigenvalue weighted by Crippen LogP contribution is -2.31. The third-order valence-corrected chi connectivity index (χ3v) is 5.87. The number of aromatic nitrogens is 2. The molecule has 3 N–H and O–H groups in total. The van der Waals surface area contributed by atoms with E-state index in [1.54, 1.807) is 6.07 Å². The molecule has 1 atom stereocenters. The molecule has 0 amide bonds. The number of halogens is 2. The number of imidazole rings is 1. The van der Waals surface area contributed by atoms with Gasteiger partial charge in [-0.3, -0.25) is 9.88 Å². The number of aliphatic imine (C=N–C) groups is 1. The first-order valence-electron chi connectivity index (χ1n) is 11.1. The molecule has 0 fully saturated rings. The molecule has 2 aliphatic rings. The standard InChI is InChI=1S/C25H21F2N5O3/c26-16-6-5-15(18(27)10-16)13-35-17-4-1-3-14(9-17)23-30-24(28)31-25-29-19-11-21-22(12-20(19)32(23)25)34-8-2-7-33-21/h1,3-6,9-12,23H,2,7-8,13H2,(H3,28,29,30,31). The smallest absolute Gasteiger partial charge is 0.212 e. The van der Waals surface area contributed by atoms with Crippen LogP contribution in [-0.2, 0) is 6.61 Å². The molecule has 6 rings (SSSR count). The Morgan fingerprint density at radius 1 is 1.06 bits per heavy atom. The third kappa shape index (κ3) is 3.96. The fourth-order valence-corrected chi connectivity index (χ4v) is 4.21. The number of guanidine groups is 1. The molecule has 0 spiro atoms. The van der Waals surface area contributed by atoms with Crippen LogP contribution in [0.4, 0.5) is 14.7 Å². The molecule has 0 saturated carbocycles. The number of nitrogens with two attached hydrogens (primary N) is 1. The van der Waals surface area contributed by atoms with Gasteiger partial charge in [-0.2, -0.15) is 0 Å². The van der Waals surface area contributed by atoms with Crippen LogP contribution >= 0.6 is 0 Å². The Kier molecular flexibility index (Phi) is 5.13. The molecule has 4 aromatic rings. The number of nitrogens with one attached hydrogen (secondary N) is 1. The molecule has 0 radical (unpaired) electrons. The highest BCUT2D eigenvalue weighted by molar-refractivity contribution is 5.95. The Morgan fingerprint density at radius 3 is 2.71 bits per heavy atom. The minimum atomic E-state index is -0.656. The molecule has 178 valence electrons. The van der Waals surface area contributed by atoms with Crippen LogP contribution in [0.25, 0.3) is 11.0 Å². The lowest BCUT2D eigenvalue weighted by atomic mass is 10.1. The van der Waals surface area contributed by atoms with Crippen LogP contribution in [0.1, 0.15) is 23.7 Å². The predicted octanol–water partition coefficient (Wildman–Crippen LogP) is 4.34. The van der Waals surface area contributed by atoms with Crippen molar-refractivity contribution in [2.45, 2.75) is 19.2 Å². The highest BCUT2D eigenvalue weighted by Gasteiger charge is 2.27. The largest absolute Gasteiger partial charge is 0.489 e. The van der Waals surface area contributed by atoms with Crippen LogP contribution in [0.15, 0.2) is 59.6 Å². The van der Waals surface area contributed by atoms with E-state index in [4.69, 9.17) is 19.9 Å². The summed E-state index contributed by atoms with van der Waals surface area (Å²) >= 11 is 0. The van der Waals surface area contributed by atoms with Crippen LogP contribution < -0.4 is 25.3 Å². The zero-order valence-electron chi connectivity index (χ0n) is 18.5. The van der Waals surface area contributed by atoms with Crippen LogP contribution in [0.5, 0.6) is 17.2 Å². The van der Waals surface area contributed by atoms with Crippen molar-refractivity contribution >= 4 is 22.9 Å². The van der Waals surface area contributed by atoms with E-state index in [9.17, 15) is 8.78 Å². The van der Waals surface area contributed by atoms with Gasteiger partial charge in [-0.25, -0.2) is 18.8 Å². The van der Waals surface area contributed by atoms with Crippen molar-refractivity contribution in [1.29, 1.82) is 0 Å². The van der Waals surface area contributed by atoms with Crippen molar-refractivity contribution in [3.8, 4) is 17.2 Å². The SMILES string of the molecule is NC1=NC(c2cccc(OCc3ccc(F)cc3F)c2)n2c(nc3cc4c(cc32)OCCCO4)N1. The second-order valence-corrected chi connectivity index (χ2v) is 8.25. The number of hydrogen-bond donors (Lipinski definition) is 2. The van der Waals surface area contributed by atoms with E-state index in [1.807, 2.05) is 34.9 Å². The van der Waals surface area contributed by atoms with Crippen LogP contribution in [0, 0.1) is 11.6 Å². The van der Waals surface area contributed by atoms with Gasteiger partial charge in [0.2, 0.25) is 5.95 Å². The minimum absolute atomic E-state index is 0.0457. The van der Waals surface area contributed by atoms with Crippen molar-refractivity contribution in [2.24, 2.45) is 10.7 Å².